The van der Waals surface area contributed by atoms with Crippen LogP contribution in [0, 0.1) is 0 Å². The van der Waals surface area contributed by atoms with Crippen LogP contribution in [0.1, 0.15) is 12.8 Å². The number of hydrogen-bond acceptors (Lipinski definition) is 4. The molecule has 0 aliphatic heterocycles. The predicted octanol–water partition coefficient (Wildman–Crippen LogP) is 0.561. The third-order valence-corrected chi connectivity index (χ3v) is 4.32. The van der Waals surface area contributed by atoms with Gasteiger partial charge in [0.25, 0.3) is 0 Å². The van der Waals surface area contributed by atoms with Crippen LogP contribution in [0.3, 0.4) is 0 Å². The molecule has 0 atom stereocenters. The highest BCUT2D eigenvalue weighted by Crippen LogP contribution is 2.14. The van der Waals surface area contributed by atoms with E-state index in [0.29, 0.717) is 30.6 Å². The van der Waals surface area contributed by atoms with Crippen molar-refractivity contribution < 1.29 is 13.2 Å². The molecular weight excluding hydrogens is 282 g/mol. The van der Waals surface area contributed by atoms with Crippen molar-refractivity contribution in [2.75, 3.05) is 20.3 Å². The van der Waals surface area contributed by atoms with Crippen LogP contribution >= 0.6 is 0 Å². The third-order valence-electron chi connectivity index (χ3n) is 2.87. The number of ether oxygens (including phenoxy) is 1. The van der Waals surface area contributed by atoms with Crippen LogP contribution in [0.4, 0.5) is 0 Å². The van der Waals surface area contributed by atoms with Crippen molar-refractivity contribution >= 4 is 21.1 Å². The van der Waals surface area contributed by atoms with Crippen LogP contribution in [0.25, 0.3) is 11.0 Å². The van der Waals surface area contributed by atoms with Crippen molar-refractivity contribution in [3.63, 3.8) is 0 Å². The number of fused-ring (bicyclic) bond motifs is 1. The number of nitrogens with one attached hydrogen (secondary N) is 3. The number of benzene rings is 1. The smallest absolute Gasteiger partial charge is 0.323 e. The standard InChI is InChI=1S/C12H17N3O4S/c1-19-7-3-2-6-13-20(17,18)9-4-5-10-11(8-9)15-12(16)14-10/h4-5,8,13H,2-3,6-7H2,1H3,(H2,14,15,16). The molecule has 2 rings (SSSR count). The maximum absolute atomic E-state index is 12.1. The monoisotopic (exact) mass is 299 g/mol. The summed E-state index contributed by atoms with van der Waals surface area (Å²) in [5, 5.41) is 0. The van der Waals surface area contributed by atoms with Crippen LogP contribution < -0.4 is 10.4 Å². The number of aromatic nitrogens is 2. The molecular formula is C12H17N3O4S. The molecule has 0 unspecified atom stereocenters. The second-order valence-corrected chi connectivity index (χ2v) is 6.15. The number of imidazole rings is 1. The molecule has 0 saturated carbocycles. The van der Waals surface area contributed by atoms with Gasteiger partial charge < -0.3 is 14.7 Å². The van der Waals surface area contributed by atoms with E-state index in [0.717, 1.165) is 6.42 Å². The third kappa shape index (κ3) is 3.47. The van der Waals surface area contributed by atoms with E-state index in [1.165, 1.54) is 12.1 Å². The maximum Gasteiger partial charge on any atom is 0.323 e. The van der Waals surface area contributed by atoms with Gasteiger partial charge in [0.1, 0.15) is 0 Å². The zero-order valence-corrected chi connectivity index (χ0v) is 11.9. The molecule has 1 aromatic carbocycles. The van der Waals surface area contributed by atoms with Crippen LogP contribution in [-0.2, 0) is 14.8 Å². The van der Waals surface area contributed by atoms with Gasteiger partial charge in [-0.2, -0.15) is 0 Å². The molecule has 0 amide bonds. The fraction of sp³-hybridized carbons (Fsp3) is 0.417. The molecule has 0 fully saturated rings. The lowest BCUT2D eigenvalue weighted by molar-refractivity contribution is 0.193. The number of unbranched alkanes of at least 4 members (excludes halogenated alkanes) is 1. The topological polar surface area (TPSA) is 104 Å². The fourth-order valence-electron chi connectivity index (χ4n) is 1.84. The summed E-state index contributed by atoms with van der Waals surface area (Å²) in [5.41, 5.74) is 0.688. The van der Waals surface area contributed by atoms with Crippen molar-refractivity contribution in [2.45, 2.75) is 17.7 Å². The first-order valence-corrected chi connectivity index (χ1v) is 7.72. The summed E-state index contributed by atoms with van der Waals surface area (Å²) in [6.45, 7) is 0.964. The minimum atomic E-state index is -3.56. The second kappa shape index (κ2) is 6.21. The van der Waals surface area contributed by atoms with Crippen LogP contribution in [0.2, 0.25) is 0 Å². The SMILES string of the molecule is COCCCCNS(=O)(=O)c1ccc2[nH]c(=O)[nH]c2c1. The van der Waals surface area contributed by atoms with E-state index in [9.17, 15) is 13.2 Å². The largest absolute Gasteiger partial charge is 0.385 e. The van der Waals surface area contributed by atoms with E-state index < -0.39 is 10.0 Å². The van der Waals surface area contributed by atoms with Crippen molar-refractivity contribution in [3.8, 4) is 0 Å². The molecule has 20 heavy (non-hydrogen) atoms. The van der Waals surface area contributed by atoms with E-state index in [1.54, 1.807) is 13.2 Å². The Morgan fingerprint density at radius 3 is 2.70 bits per heavy atom. The van der Waals surface area contributed by atoms with E-state index in [1.807, 2.05) is 0 Å². The average Bonchev–Trinajstić information content (AvgIpc) is 2.77. The molecule has 2 aromatic rings. The molecule has 110 valence electrons. The zero-order valence-electron chi connectivity index (χ0n) is 11.1. The van der Waals surface area contributed by atoms with E-state index >= 15 is 0 Å². The predicted molar refractivity (Wildman–Crippen MR) is 75.2 cm³/mol. The van der Waals surface area contributed by atoms with Crippen LogP contribution in [0.15, 0.2) is 27.9 Å². The molecule has 0 saturated heterocycles. The lowest BCUT2D eigenvalue weighted by Gasteiger charge is -2.06. The van der Waals surface area contributed by atoms with Gasteiger partial charge in [-0.1, -0.05) is 0 Å². The van der Waals surface area contributed by atoms with Gasteiger partial charge in [0, 0.05) is 20.3 Å². The second-order valence-electron chi connectivity index (χ2n) is 4.38. The number of H-pyrrole nitrogens is 2. The highest BCUT2D eigenvalue weighted by Gasteiger charge is 2.14. The first kappa shape index (κ1) is 14.8. The Hall–Kier alpha value is -1.64. The van der Waals surface area contributed by atoms with Crippen LogP contribution in [-0.4, -0.2) is 38.6 Å². The molecule has 1 aromatic heterocycles. The summed E-state index contributed by atoms with van der Waals surface area (Å²) in [5.74, 6) is 0. The molecule has 0 aliphatic rings. The van der Waals surface area contributed by atoms with E-state index in [4.69, 9.17) is 4.74 Å². The highest BCUT2D eigenvalue weighted by atomic mass is 32.2. The normalized spacial score (nSPS) is 12.1. The van der Waals surface area contributed by atoms with Gasteiger partial charge in [-0.15, -0.1) is 0 Å². The van der Waals surface area contributed by atoms with Gasteiger partial charge in [0.05, 0.1) is 15.9 Å². The minimum Gasteiger partial charge on any atom is -0.385 e. The lowest BCUT2D eigenvalue weighted by atomic mass is 10.3. The molecule has 3 N–H and O–H groups in total. The number of sulfonamides is 1. The molecule has 7 nitrogen and oxygen atoms in total. The van der Waals surface area contributed by atoms with Crippen molar-refractivity contribution in [2.24, 2.45) is 0 Å². The van der Waals surface area contributed by atoms with Gasteiger partial charge in [-0.25, -0.2) is 17.9 Å². The Kier molecular flexibility index (Phi) is 4.58. The van der Waals surface area contributed by atoms with Crippen molar-refractivity contribution in [1.82, 2.24) is 14.7 Å². The fourth-order valence-corrected chi connectivity index (χ4v) is 2.94. The Morgan fingerprint density at radius 1 is 1.20 bits per heavy atom. The summed E-state index contributed by atoms with van der Waals surface area (Å²) < 4.78 is 31.6. The van der Waals surface area contributed by atoms with Gasteiger partial charge >= 0.3 is 5.69 Å². The Bertz CT molecular complexity index is 732. The quantitative estimate of drug-likeness (QED) is 0.650. The maximum atomic E-state index is 12.1. The number of hydrogen-bond donors (Lipinski definition) is 3. The van der Waals surface area contributed by atoms with Crippen molar-refractivity contribution in [1.29, 1.82) is 0 Å². The van der Waals surface area contributed by atoms with Gasteiger partial charge in [-0.05, 0) is 31.0 Å². The Morgan fingerprint density at radius 2 is 1.95 bits per heavy atom. The summed E-state index contributed by atoms with van der Waals surface area (Å²) in [6, 6.07) is 4.46. The van der Waals surface area contributed by atoms with Gasteiger partial charge in [-0.3, -0.25) is 0 Å². The summed E-state index contributed by atoms with van der Waals surface area (Å²) in [7, 11) is -1.95. The Balaban J connectivity index is 2.08. The first-order valence-electron chi connectivity index (χ1n) is 6.23. The summed E-state index contributed by atoms with van der Waals surface area (Å²) in [6.07, 6.45) is 1.50. The van der Waals surface area contributed by atoms with Gasteiger partial charge in [0.2, 0.25) is 10.0 Å². The highest BCUT2D eigenvalue weighted by molar-refractivity contribution is 7.89. The molecule has 0 radical (unpaired) electrons. The summed E-state index contributed by atoms with van der Waals surface area (Å²) in [4.78, 5) is 16.4. The van der Waals surface area contributed by atoms with Gasteiger partial charge in [0.15, 0.2) is 0 Å². The number of aromatic amines is 2. The first-order chi connectivity index (χ1) is 9.53. The van der Waals surface area contributed by atoms with Crippen molar-refractivity contribution in [3.05, 3.63) is 28.7 Å². The average molecular weight is 299 g/mol. The van der Waals surface area contributed by atoms with E-state index in [-0.39, 0.29) is 10.6 Å². The molecule has 0 bridgehead atoms. The molecule has 0 aliphatic carbocycles. The number of rotatable bonds is 7. The molecule has 8 heteroatoms. The van der Waals surface area contributed by atoms with Crippen LogP contribution in [0.5, 0.6) is 0 Å². The number of methoxy groups -OCH3 is 1. The molecule has 0 spiro atoms. The summed E-state index contributed by atoms with van der Waals surface area (Å²) >= 11 is 0. The lowest BCUT2D eigenvalue weighted by Crippen LogP contribution is -2.25. The molecule has 1 heterocycles. The van der Waals surface area contributed by atoms with E-state index in [2.05, 4.69) is 14.7 Å². The zero-order chi connectivity index (χ0) is 14.6. The Labute approximate surface area is 116 Å². The minimum absolute atomic E-state index is 0.131.